The van der Waals surface area contributed by atoms with E-state index in [0.29, 0.717) is 31.1 Å². The van der Waals surface area contributed by atoms with Crippen LogP contribution in [-0.4, -0.2) is 50.7 Å². The maximum absolute atomic E-state index is 12.1. The third-order valence-electron chi connectivity index (χ3n) is 3.23. The summed E-state index contributed by atoms with van der Waals surface area (Å²) in [4.78, 5) is 12.1. The third-order valence-corrected chi connectivity index (χ3v) is 3.42. The van der Waals surface area contributed by atoms with Gasteiger partial charge in [0.25, 0.3) is 0 Å². The van der Waals surface area contributed by atoms with E-state index in [-0.39, 0.29) is 5.91 Å². The zero-order valence-corrected chi connectivity index (χ0v) is 13.3. The van der Waals surface area contributed by atoms with Gasteiger partial charge in [0.1, 0.15) is 18.2 Å². The number of hydrogen-bond donors (Lipinski definition) is 1. The molecule has 0 aliphatic rings. The Kier molecular flexibility index (Phi) is 5.91. The van der Waals surface area contributed by atoms with Crippen LogP contribution < -0.4 is 5.32 Å². The van der Waals surface area contributed by atoms with Gasteiger partial charge >= 0.3 is 0 Å². The third kappa shape index (κ3) is 4.28. The van der Waals surface area contributed by atoms with Crippen LogP contribution in [0.25, 0.3) is 0 Å². The number of methoxy groups -OCH3 is 1. The number of carbonyl (C=O) groups is 1. The first kappa shape index (κ1) is 16.4. The maximum atomic E-state index is 12.1. The van der Waals surface area contributed by atoms with Crippen molar-refractivity contribution in [3.63, 3.8) is 0 Å². The lowest BCUT2D eigenvalue weighted by Gasteiger charge is -2.12. The lowest BCUT2D eigenvalue weighted by atomic mass is 10.3. The summed E-state index contributed by atoms with van der Waals surface area (Å²) in [5.41, 5.74) is 0. The number of hydrogen-bond acceptors (Lipinski definition) is 5. The molecule has 0 fully saturated rings. The van der Waals surface area contributed by atoms with Crippen molar-refractivity contribution >= 4 is 17.5 Å². The van der Waals surface area contributed by atoms with Gasteiger partial charge in [-0.1, -0.05) is 11.6 Å². The Morgan fingerprint density at radius 2 is 2.36 bits per heavy atom. The molecule has 22 heavy (non-hydrogen) atoms. The fraction of sp³-hybridized carbons (Fsp3) is 0.538. The van der Waals surface area contributed by atoms with Crippen LogP contribution >= 0.6 is 11.6 Å². The van der Waals surface area contributed by atoms with Crippen molar-refractivity contribution in [1.82, 2.24) is 29.9 Å². The second-order valence-corrected chi connectivity index (χ2v) is 5.23. The molecule has 0 aliphatic heterocycles. The molecule has 0 aliphatic carbocycles. The molecule has 1 atom stereocenters. The van der Waals surface area contributed by atoms with E-state index in [1.54, 1.807) is 26.6 Å². The van der Waals surface area contributed by atoms with Crippen LogP contribution in [0, 0.1) is 0 Å². The molecule has 0 spiro atoms. The van der Waals surface area contributed by atoms with Gasteiger partial charge in [0.05, 0.1) is 17.8 Å². The summed E-state index contributed by atoms with van der Waals surface area (Å²) in [6.07, 6.45) is 5.38. The molecule has 2 rings (SSSR count). The summed E-state index contributed by atoms with van der Waals surface area (Å²) in [5.74, 6) is 0.690. The van der Waals surface area contributed by atoms with E-state index in [4.69, 9.17) is 16.3 Å². The summed E-state index contributed by atoms with van der Waals surface area (Å²) >= 11 is 5.80. The van der Waals surface area contributed by atoms with Gasteiger partial charge in [-0.05, 0) is 6.92 Å². The van der Waals surface area contributed by atoms with Gasteiger partial charge in [0.2, 0.25) is 5.91 Å². The quantitative estimate of drug-likeness (QED) is 0.771. The molecule has 2 aromatic rings. The lowest BCUT2D eigenvalue weighted by molar-refractivity contribution is -0.124. The number of rotatable bonds is 8. The van der Waals surface area contributed by atoms with Crippen LogP contribution in [0.1, 0.15) is 18.8 Å². The zero-order chi connectivity index (χ0) is 15.9. The Morgan fingerprint density at radius 3 is 3.05 bits per heavy atom. The first-order valence-corrected chi connectivity index (χ1v) is 7.32. The molecule has 0 unspecified atom stereocenters. The monoisotopic (exact) mass is 326 g/mol. The van der Waals surface area contributed by atoms with Crippen LogP contribution in [0.5, 0.6) is 0 Å². The van der Waals surface area contributed by atoms with E-state index >= 15 is 0 Å². The zero-order valence-electron chi connectivity index (χ0n) is 12.6. The van der Waals surface area contributed by atoms with Gasteiger partial charge < -0.3 is 14.6 Å². The van der Waals surface area contributed by atoms with Crippen molar-refractivity contribution in [2.45, 2.75) is 25.9 Å². The Labute approximate surface area is 133 Å². The average Bonchev–Trinajstić information content (AvgIpc) is 3.13. The second-order valence-electron chi connectivity index (χ2n) is 4.79. The topological polar surface area (TPSA) is 86.9 Å². The highest BCUT2D eigenvalue weighted by Gasteiger charge is 2.15. The number of nitrogens with one attached hydrogen (secondary N) is 1. The normalized spacial score (nSPS) is 12.3. The number of halogens is 1. The number of nitrogens with zero attached hydrogens (tertiary/aromatic N) is 5. The molecule has 2 aromatic heterocycles. The SMILES string of the molecule is COCCn1cnnc1CCNC(=O)[C@@H](C)n1cc(Cl)cn1. The smallest absolute Gasteiger partial charge is 0.244 e. The minimum atomic E-state index is -0.418. The maximum Gasteiger partial charge on any atom is 0.244 e. The molecule has 1 amide bonds. The Morgan fingerprint density at radius 1 is 1.55 bits per heavy atom. The Balaban J connectivity index is 1.81. The second kappa shape index (κ2) is 7.90. The molecule has 1 N–H and O–H groups in total. The van der Waals surface area contributed by atoms with Gasteiger partial charge in [-0.3, -0.25) is 9.48 Å². The van der Waals surface area contributed by atoms with E-state index in [2.05, 4.69) is 20.6 Å². The van der Waals surface area contributed by atoms with Crippen LogP contribution in [0.3, 0.4) is 0 Å². The summed E-state index contributed by atoms with van der Waals surface area (Å²) in [6, 6.07) is -0.418. The fourth-order valence-electron chi connectivity index (χ4n) is 1.94. The Hall–Kier alpha value is -1.93. The van der Waals surface area contributed by atoms with E-state index in [9.17, 15) is 4.79 Å². The van der Waals surface area contributed by atoms with Gasteiger partial charge in [0, 0.05) is 32.8 Å². The van der Waals surface area contributed by atoms with E-state index in [0.717, 1.165) is 5.82 Å². The van der Waals surface area contributed by atoms with Gasteiger partial charge in [-0.15, -0.1) is 10.2 Å². The van der Waals surface area contributed by atoms with Crippen LogP contribution in [0.4, 0.5) is 0 Å². The summed E-state index contributed by atoms with van der Waals surface area (Å²) in [5, 5.41) is 15.3. The molecule has 8 nitrogen and oxygen atoms in total. The highest BCUT2D eigenvalue weighted by atomic mass is 35.5. The van der Waals surface area contributed by atoms with Crippen molar-refractivity contribution in [2.24, 2.45) is 0 Å². The first-order valence-electron chi connectivity index (χ1n) is 6.94. The molecular formula is C13H19ClN6O2. The molecule has 9 heteroatoms. The highest BCUT2D eigenvalue weighted by molar-refractivity contribution is 6.30. The van der Waals surface area contributed by atoms with Crippen molar-refractivity contribution in [3.05, 3.63) is 29.6 Å². The standard InChI is InChI=1S/C13H19ClN6O2/c1-10(20-8-11(14)7-17-20)13(21)15-4-3-12-18-16-9-19(12)5-6-22-2/h7-10H,3-6H2,1-2H3,(H,15,21)/t10-/m1/s1. The highest BCUT2D eigenvalue weighted by Crippen LogP contribution is 2.10. The van der Waals surface area contributed by atoms with Crippen LogP contribution in [0.2, 0.25) is 5.02 Å². The van der Waals surface area contributed by atoms with Crippen molar-refractivity contribution in [1.29, 1.82) is 0 Å². The average molecular weight is 327 g/mol. The summed E-state index contributed by atoms with van der Waals surface area (Å²) in [6.45, 7) is 3.52. The Bertz CT molecular complexity index is 611. The van der Waals surface area contributed by atoms with E-state index < -0.39 is 6.04 Å². The van der Waals surface area contributed by atoms with Crippen molar-refractivity contribution in [2.75, 3.05) is 20.3 Å². The predicted octanol–water partition coefficient (Wildman–Crippen LogP) is 0.694. The van der Waals surface area contributed by atoms with E-state index in [1.807, 2.05) is 4.57 Å². The van der Waals surface area contributed by atoms with E-state index in [1.165, 1.54) is 10.9 Å². The number of amides is 1. The lowest BCUT2D eigenvalue weighted by Crippen LogP contribution is -2.33. The number of aromatic nitrogens is 5. The fourth-order valence-corrected chi connectivity index (χ4v) is 2.08. The first-order chi connectivity index (χ1) is 10.6. The molecule has 0 saturated heterocycles. The van der Waals surface area contributed by atoms with Crippen LogP contribution in [-0.2, 0) is 22.5 Å². The molecule has 0 aromatic carbocycles. The van der Waals surface area contributed by atoms with Crippen LogP contribution in [0.15, 0.2) is 18.7 Å². The molecule has 2 heterocycles. The van der Waals surface area contributed by atoms with Gasteiger partial charge in [0.15, 0.2) is 0 Å². The minimum absolute atomic E-state index is 0.122. The molecule has 0 radical (unpaired) electrons. The van der Waals surface area contributed by atoms with Crippen molar-refractivity contribution < 1.29 is 9.53 Å². The molecule has 0 bridgehead atoms. The van der Waals surface area contributed by atoms with Gasteiger partial charge in [-0.2, -0.15) is 5.10 Å². The van der Waals surface area contributed by atoms with Gasteiger partial charge in [-0.25, -0.2) is 0 Å². The number of carbonyl (C=O) groups excluding carboxylic acids is 1. The molecule has 120 valence electrons. The summed E-state index contributed by atoms with van der Waals surface area (Å²) < 4.78 is 8.46. The largest absolute Gasteiger partial charge is 0.383 e. The van der Waals surface area contributed by atoms with Crippen molar-refractivity contribution in [3.8, 4) is 0 Å². The molecule has 0 saturated carbocycles. The molecular weight excluding hydrogens is 308 g/mol. The summed E-state index contributed by atoms with van der Waals surface area (Å²) in [7, 11) is 1.65. The minimum Gasteiger partial charge on any atom is -0.383 e. The predicted molar refractivity (Wildman–Crippen MR) is 80.6 cm³/mol. The number of ether oxygens (including phenoxy) is 1.